The van der Waals surface area contributed by atoms with Crippen LogP contribution in [-0.4, -0.2) is 17.7 Å². The molecule has 122 valence electrons. The molecule has 23 heavy (non-hydrogen) atoms. The molecule has 0 heterocycles. The number of hydrogen-bond acceptors (Lipinski definition) is 2. The van der Waals surface area contributed by atoms with Gasteiger partial charge in [0.15, 0.2) is 11.6 Å². The summed E-state index contributed by atoms with van der Waals surface area (Å²) in [6.07, 6.45) is 0.592. The standard InChI is InChI=1S/C17H16F3NOS/c1-11(23-14-6-7-15(19)16(20)10-14)17(22)21-9-8-12-2-4-13(18)5-3-12/h2-7,10-11H,8-9H2,1H3,(H,21,22)/t11-/m1/s1. The molecule has 0 unspecified atom stereocenters. The van der Waals surface area contributed by atoms with Crippen LogP contribution >= 0.6 is 11.8 Å². The highest BCUT2D eigenvalue weighted by molar-refractivity contribution is 8.00. The summed E-state index contributed by atoms with van der Waals surface area (Å²) in [6.45, 7) is 2.12. The predicted octanol–water partition coefficient (Wildman–Crippen LogP) is 3.94. The van der Waals surface area contributed by atoms with Crippen LogP contribution in [0.5, 0.6) is 0 Å². The Morgan fingerprint density at radius 2 is 1.78 bits per heavy atom. The second kappa shape index (κ2) is 8.06. The summed E-state index contributed by atoms with van der Waals surface area (Å²) in [4.78, 5) is 12.5. The number of amides is 1. The van der Waals surface area contributed by atoms with Crippen molar-refractivity contribution in [2.45, 2.75) is 23.5 Å². The fourth-order valence-corrected chi connectivity index (χ4v) is 2.85. The van der Waals surface area contributed by atoms with Gasteiger partial charge in [-0.2, -0.15) is 0 Å². The van der Waals surface area contributed by atoms with Gasteiger partial charge in [-0.05, 0) is 49.2 Å². The number of thioether (sulfide) groups is 1. The van der Waals surface area contributed by atoms with Gasteiger partial charge in [0.25, 0.3) is 0 Å². The summed E-state index contributed by atoms with van der Waals surface area (Å²) in [5.74, 6) is -2.33. The maximum absolute atomic E-state index is 13.1. The fourth-order valence-electron chi connectivity index (χ4n) is 1.93. The van der Waals surface area contributed by atoms with E-state index < -0.39 is 16.9 Å². The normalized spacial score (nSPS) is 12.0. The SMILES string of the molecule is C[C@@H](Sc1ccc(F)c(F)c1)C(=O)NCCc1ccc(F)cc1. The highest BCUT2D eigenvalue weighted by Gasteiger charge is 2.15. The third kappa shape index (κ3) is 5.32. The highest BCUT2D eigenvalue weighted by atomic mass is 32.2. The number of halogens is 3. The topological polar surface area (TPSA) is 29.1 Å². The molecule has 0 aliphatic rings. The Labute approximate surface area is 137 Å². The Kier molecular flexibility index (Phi) is 6.10. The van der Waals surface area contributed by atoms with E-state index in [1.165, 1.54) is 18.2 Å². The van der Waals surface area contributed by atoms with E-state index in [0.29, 0.717) is 17.9 Å². The summed E-state index contributed by atoms with van der Waals surface area (Å²) < 4.78 is 38.8. The van der Waals surface area contributed by atoms with Crippen LogP contribution < -0.4 is 5.32 Å². The van der Waals surface area contributed by atoms with Crippen molar-refractivity contribution in [1.82, 2.24) is 5.32 Å². The van der Waals surface area contributed by atoms with Gasteiger partial charge in [0, 0.05) is 11.4 Å². The first-order valence-corrected chi connectivity index (χ1v) is 7.97. The molecule has 6 heteroatoms. The zero-order chi connectivity index (χ0) is 16.8. The van der Waals surface area contributed by atoms with Gasteiger partial charge in [-0.25, -0.2) is 13.2 Å². The maximum atomic E-state index is 13.1. The molecule has 2 aromatic rings. The molecule has 0 saturated heterocycles. The molecule has 0 aliphatic heterocycles. The van der Waals surface area contributed by atoms with Crippen molar-refractivity contribution in [1.29, 1.82) is 0 Å². The minimum Gasteiger partial charge on any atom is -0.355 e. The second-order valence-electron chi connectivity index (χ2n) is 5.00. The van der Waals surface area contributed by atoms with E-state index in [1.54, 1.807) is 19.1 Å². The summed E-state index contributed by atoms with van der Waals surface area (Å²) in [5.41, 5.74) is 0.924. The lowest BCUT2D eigenvalue weighted by atomic mass is 10.1. The monoisotopic (exact) mass is 339 g/mol. The van der Waals surface area contributed by atoms with E-state index in [1.807, 2.05) is 0 Å². The van der Waals surface area contributed by atoms with E-state index >= 15 is 0 Å². The number of carbonyl (C=O) groups excluding carboxylic acids is 1. The Morgan fingerprint density at radius 1 is 1.09 bits per heavy atom. The zero-order valence-corrected chi connectivity index (χ0v) is 13.3. The van der Waals surface area contributed by atoms with Gasteiger partial charge >= 0.3 is 0 Å². The number of rotatable bonds is 6. The summed E-state index contributed by atoms with van der Waals surface area (Å²) >= 11 is 1.15. The van der Waals surface area contributed by atoms with Crippen LogP contribution in [0, 0.1) is 17.5 Å². The van der Waals surface area contributed by atoms with Crippen molar-refractivity contribution >= 4 is 17.7 Å². The lowest BCUT2D eigenvalue weighted by Gasteiger charge is -2.12. The zero-order valence-electron chi connectivity index (χ0n) is 12.5. The van der Waals surface area contributed by atoms with Crippen LogP contribution in [0.25, 0.3) is 0 Å². The molecule has 0 spiro atoms. The van der Waals surface area contributed by atoms with Crippen molar-refractivity contribution < 1.29 is 18.0 Å². The lowest BCUT2D eigenvalue weighted by Crippen LogP contribution is -2.32. The molecule has 0 bridgehead atoms. The van der Waals surface area contributed by atoms with Gasteiger partial charge in [-0.1, -0.05) is 12.1 Å². The summed E-state index contributed by atoms with van der Waals surface area (Å²) in [6, 6.07) is 9.63. The van der Waals surface area contributed by atoms with Crippen LogP contribution in [0.2, 0.25) is 0 Å². The molecule has 1 amide bonds. The van der Waals surface area contributed by atoms with Gasteiger partial charge in [0.05, 0.1) is 5.25 Å². The smallest absolute Gasteiger partial charge is 0.233 e. The second-order valence-corrected chi connectivity index (χ2v) is 6.42. The van der Waals surface area contributed by atoms with E-state index in [9.17, 15) is 18.0 Å². The van der Waals surface area contributed by atoms with E-state index in [-0.39, 0.29) is 11.7 Å². The predicted molar refractivity (Wildman–Crippen MR) is 84.8 cm³/mol. The Bertz CT molecular complexity index is 676. The Hall–Kier alpha value is -1.95. The van der Waals surface area contributed by atoms with E-state index in [2.05, 4.69) is 5.32 Å². The first-order chi connectivity index (χ1) is 11.0. The van der Waals surface area contributed by atoms with Crippen LogP contribution in [-0.2, 0) is 11.2 Å². The minimum absolute atomic E-state index is 0.193. The van der Waals surface area contributed by atoms with Gasteiger partial charge in [0.1, 0.15) is 5.82 Å². The number of benzene rings is 2. The van der Waals surface area contributed by atoms with Crippen LogP contribution in [0.4, 0.5) is 13.2 Å². The first-order valence-electron chi connectivity index (χ1n) is 7.09. The molecule has 2 nitrogen and oxygen atoms in total. The first kappa shape index (κ1) is 17.4. The van der Waals surface area contributed by atoms with Crippen molar-refractivity contribution in [3.63, 3.8) is 0 Å². The largest absolute Gasteiger partial charge is 0.355 e. The molecule has 0 radical (unpaired) electrons. The molecular weight excluding hydrogens is 323 g/mol. The van der Waals surface area contributed by atoms with E-state index in [0.717, 1.165) is 29.5 Å². The molecular formula is C17H16F3NOS. The van der Waals surface area contributed by atoms with Crippen LogP contribution in [0.3, 0.4) is 0 Å². The van der Waals surface area contributed by atoms with Crippen LogP contribution in [0.15, 0.2) is 47.4 Å². The molecule has 2 rings (SSSR count). The minimum atomic E-state index is -0.932. The van der Waals surface area contributed by atoms with Gasteiger partial charge in [0.2, 0.25) is 5.91 Å². The van der Waals surface area contributed by atoms with Crippen LogP contribution in [0.1, 0.15) is 12.5 Å². The molecule has 1 atom stereocenters. The third-order valence-corrected chi connectivity index (χ3v) is 4.29. The summed E-state index contributed by atoms with van der Waals surface area (Å²) in [7, 11) is 0. The third-order valence-electron chi connectivity index (χ3n) is 3.20. The van der Waals surface area contributed by atoms with Gasteiger partial charge < -0.3 is 5.32 Å². The number of carbonyl (C=O) groups is 1. The summed E-state index contributed by atoms with van der Waals surface area (Å²) in [5, 5.41) is 2.33. The molecule has 0 aliphatic carbocycles. The molecule has 1 N–H and O–H groups in total. The van der Waals surface area contributed by atoms with Gasteiger partial charge in [-0.3, -0.25) is 4.79 Å². The molecule has 2 aromatic carbocycles. The van der Waals surface area contributed by atoms with E-state index in [4.69, 9.17) is 0 Å². The number of nitrogens with one attached hydrogen (secondary N) is 1. The average molecular weight is 339 g/mol. The average Bonchev–Trinajstić information content (AvgIpc) is 2.52. The fraction of sp³-hybridized carbons (Fsp3) is 0.235. The molecule has 0 saturated carbocycles. The molecule has 0 fully saturated rings. The number of hydrogen-bond donors (Lipinski definition) is 1. The van der Waals surface area contributed by atoms with Crippen molar-refractivity contribution in [2.24, 2.45) is 0 Å². The highest BCUT2D eigenvalue weighted by Crippen LogP contribution is 2.24. The molecule has 0 aromatic heterocycles. The van der Waals surface area contributed by atoms with Gasteiger partial charge in [-0.15, -0.1) is 11.8 Å². The van der Waals surface area contributed by atoms with Crippen molar-refractivity contribution in [3.8, 4) is 0 Å². The van der Waals surface area contributed by atoms with Crippen molar-refractivity contribution in [2.75, 3.05) is 6.54 Å². The van der Waals surface area contributed by atoms with Crippen molar-refractivity contribution in [3.05, 3.63) is 65.5 Å². The quantitative estimate of drug-likeness (QED) is 0.808. The Balaban J connectivity index is 1.80. The maximum Gasteiger partial charge on any atom is 0.233 e. The Morgan fingerprint density at radius 3 is 2.43 bits per heavy atom. The lowest BCUT2D eigenvalue weighted by molar-refractivity contribution is -0.120.